The second-order valence-electron chi connectivity index (χ2n) is 4.84. The van der Waals surface area contributed by atoms with Crippen LogP contribution in [0.4, 0.5) is 4.39 Å². The van der Waals surface area contributed by atoms with Crippen LogP contribution < -0.4 is 5.32 Å². The van der Waals surface area contributed by atoms with Gasteiger partial charge in [-0.05, 0) is 43.5 Å². The zero-order valence-electron chi connectivity index (χ0n) is 10.9. The van der Waals surface area contributed by atoms with E-state index in [2.05, 4.69) is 5.32 Å². The van der Waals surface area contributed by atoms with E-state index in [9.17, 15) is 14.0 Å². The summed E-state index contributed by atoms with van der Waals surface area (Å²) in [6.07, 6.45) is 2.08. The molecule has 0 heterocycles. The fraction of sp³-hybridized carbons (Fsp3) is 0.429. The molecule has 2 N–H and O–H groups in total. The van der Waals surface area contributed by atoms with Crippen molar-refractivity contribution < 1.29 is 19.1 Å². The van der Waals surface area contributed by atoms with Crippen LogP contribution in [0.3, 0.4) is 0 Å². The van der Waals surface area contributed by atoms with Crippen molar-refractivity contribution in [2.45, 2.75) is 36.1 Å². The molecule has 20 heavy (non-hydrogen) atoms. The number of hydrogen-bond acceptors (Lipinski definition) is 3. The summed E-state index contributed by atoms with van der Waals surface area (Å²) < 4.78 is 12.7. The van der Waals surface area contributed by atoms with Crippen molar-refractivity contribution in [1.29, 1.82) is 0 Å². The van der Waals surface area contributed by atoms with Crippen LogP contribution in [0.5, 0.6) is 0 Å². The van der Waals surface area contributed by atoms with E-state index in [1.165, 1.54) is 23.9 Å². The van der Waals surface area contributed by atoms with E-state index in [0.717, 1.165) is 11.3 Å². The molecule has 1 aromatic rings. The van der Waals surface area contributed by atoms with E-state index in [1.54, 1.807) is 12.1 Å². The largest absolute Gasteiger partial charge is 0.480 e. The number of carboxylic acids is 1. The van der Waals surface area contributed by atoms with Crippen LogP contribution in [0.15, 0.2) is 29.2 Å². The lowest BCUT2D eigenvalue weighted by Crippen LogP contribution is -2.59. The Bertz CT molecular complexity index is 500. The van der Waals surface area contributed by atoms with Crippen LogP contribution in [-0.4, -0.2) is 28.3 Å². The van der Waals surface area contributed by atoms with E-state index in [4.69, 9.17) is 5.11 Å². The molecule has 0 spiro atoms. The Hall–Kier alpha value is -1.56. The molecule has 1 aromatic carbocycles. The predicted octanol–water partition coefficient (Wildman–Crippen LogP) is 2.43. The first kappa shape index (κ1) is 14.8. The lowest BCUT2D eigenvalue weighted by Gasteiger charge is -2.38. The number of aliphatic carboxylic acids is 1. The number of carboxylic acid groups (broad SMARTS) is 1. The monoisotopic (exact) mass is 297 g/mol. The Labute approximate surface area is 120 Å². The van der Waals surface area contributed by atoms with Crippen molar-refractivity contribution in [3.05, 3.63) is 30.1 Å². The van der Waals surface area contributed by atoms with E-state index >= 15 is 0 Å². The Morgan fingerprint density at radius 1 is 1.30 bits per heavy atom. The van der Waals surface area contributed by atoms with Gasteiger partial charge in [0.2, 0.25) is 5.91 Å². The molecule has 0 radical (unpaired) electrons. The maximum Gasteiger partial charge on any atom is 0.329 e. The van der Waals surface area contributed by atoms with Crippen LogP contribution in [-0.2, 0) is 9.59 Å². The summed E-state index contributed by atoms with van der Waals surface area (Å²) in [5, 5.41) is 11.7. The van der Waals surface area contributed by atoms with Gasteiger partial charge >= 0.3 is 5.97 Å². The maximum atomic E-state index is 12.7. The van der Waals surface area contributed by atoms with Gasteiger partial charge in [0.1, 0.15) is 11.4 Å². The van der Waals surface area contributed by atoms with Crippen LogP contribution in [0.1, 0.15) is 25.7 Å². The molecule has 0 bridgehead atoms. The van der Waals surface area contributed by atoms with E-state index in [-0.39, 0.29) is 18.1 Å². The zero-order chi connectivity index (χ0) is 14.6. The Morgan fingerprint density at radius 3 is 2.45 bits per heavy atom. The van der Waals surface area contributed by atoms with Crippen molar-refractivity contribution in [3.8, 4) is 0 Å². The molecule has 1 fully saturated rings. The van der Waals surface area contributed by atoms with Gasteiger partial charge in [0.25, 0.3) is 0 Å². The summed E-state index contributed by atoms with van der Waals surface area (Å²) in [6.45, 7) is 0. The number of amides is 1. The second kappa shape index (κ2) is 6.26. The number of carbonyl (C=O) groups is 2. The quantitative estimate of drug-likeness (QED) is 0.791. The Morgan fingerprint density at radius 2 is 1.95 bits per heavy atom. The molecule has 1 saturated carbocycles. The summed E-state index contributed by atoms with van der Waals surface area (Å²) in [5.41, 5.74) is -1.04. The van der Waals surface area contributed by atoms with Crippen molar-refractivity contribution >= 4 is 23.6 Å². The van der Waals surface area contributed by atoms with Gasteiger partial charge in [0.05, 0.1) is 0 Å². The number of carbonyl (C=O) groups excluding carboxylic acids is 1. The number of thioether (sulfide) groups is 1. The van der Waals surface area contributed by atoms with Crippen LogP contribution in [0.25, 0.3) is 0 Å². The van der Waals surface area contributed by atoms with Crippen molar-refractivity contribution in [3.63, 3.8) is 0 Å². The molecule has 4 nitrogen and oxygen atoms in total. The van der Waals surface area contributed by atoms with Gasteiger partial charge in [-0.3, -0.25) is 4.79 Å². The average molecular weight is 297 g/mol. The van der Waals surface area contributed by atoms with Crippen LogP contribution in [0, 0.1) is 5.82 Å². The summed E-state index contributed by atoms with van der Waals surface area (Å²) in [6, 6.07) is 6.05. The third-order valence-electron chi connectivity index (χ3n) is 3.41. The summed E-state index contributed by atoms with van der Waals surface area (Å²) in [5.74, 6) is -0.960. The number of nitrogens with one attached hydrogen (secondary N) is 1. The topological polar surface area (TPSA) is 66.4 Å². The molecule has 1 aliphatic carbocycles. The third kappa shape index (κ3) is 3.50. The van der Waals surface area contributed by atoms with Crippen molar-refractivity contribution in [2.75, 3.05) is 5.75 Å². The zero-order valence-corrected chi connectivity index (χ0v) is 11.7. The van der Waals surface area contributed by atoms with Gasteiger partial charge in [0, 0.05) is 17.1 Å². The fourth-order valence-corrected chi connectivity index (χ4v) is 2.90. The highest BCUT2D eigenvalue weighted by Crippen LogP contribution is 2.32. The lowest BCUT2D eigenvalue weighted by molar-refractivity contribution is -0.151. The molecule has 1 aliphatic rings. The molecule has 6 heteroatoms. The second-order valence-corrected chi connectivity index (χ2v) is 6.01. The number of halogens is 1. The minimum absolute atomic E-state index is 0.247. The molecule has 0 aromatic heterocycles. The molecule has 0 unspecified atom stereocenters. The first-order chi connectivity index (χ1) is 9.52. The molecule has 1 amide bonds. The lowest BCUT2D eigenvalue weighted by atomic mass is 9.76. The minimum Gasteiger partial charge on any atom is -0.480 e. The number of rotatable bonds is 6. The maximum absolute atomic E-state index is 12.7. The van der Waals surface area contributed by atoms with Gasteiger partial charge in [0.15, 0.2) is 0 Å². The minimum atomic E-state index is -1.04. The highest BCUT2D eigenvalue weighted by Gasteiger charge is 2.45. The molecular formula is C14H16FNO3S. The average Bonchev–Trinajstić information content (AvgIpc) is 2.36. The summed E-state index contributed by atoms with van der Waals surface area (Å²) >= 11 is 1.44. The third-order valence-corrected chi connectivity index (χ3v) is 4.42. The van der Waals surface area contributed by atoms with E-state index in [1.807, 2.05) is 0 Å². The summed E-state index contributed by atoms with van der Waals surface area (Å²) in [7, 11) is 0. The van der Waals surface area contributed by atoms with Crippen molar-refractivity contribution in [2.24, 2.45) is 0 Å². The number of hydrogen-bond donors (Lipinski definition) is 2. The van der Waals surface area contributed by atoms with Crippen LogP contribution >= 0.6 is 11.8 Å². The smallest absolute Gasteiger partial charge is 0.329 e. The highest BCUT2D eigenvalue weighted by molar-refractivity contribution is 7.99. The highest BCUT2D eigenvalue weighted by atomic mass is 32.2. The Balaban J connectivity index is 1.75. The normalized spacial score (nSPS) is 16.2. The molecule has 2 rings (SSSR count). The SMILES string of the molecule is O=C(CCSc1ccc(F)cc1)NC1(C(=O)O)CCC1. The molecule has 0 atom stereocenters. The number of benzene rings is 1. The van der Waals surface area contributed by atoms with Gasteiger partial charge in [-0.25, -0.2) is 9.18 Å². The molecular weight excluding hydrogens is 281 g/mol. The standard InChI is InChI=1S/C14H16FNO3S/c15-10-2-4-11(5-3-10)20-9-6-12(17)16-14(13(18)19)7-1-8-14/h2-5H,1,6-9H2,(H,16,17)(H,18,19). The van der Waals surface area contributed by atoms with Crippen molar-refractivity contribution in [1.82, 2.24) is 5.32 Å². The molecule has 0 saturated heterocycles. The van der Waals surface area contributed by atoms with E-state index < -0.39 is 11.5 Å². The van der Waals surface area contributed by atoms with Gasteiger partial charge in [-0.1, -0.05) is 0 Å². The first-order valence-electron chi connectivity index (χ1n) is 6.45. The predicted molar refractivity (Wildman–Crippen MR) is 74.1 cm³/mol. The first-order valence-corrected chi connectivity index (χ1v) is 7.43. The van der Waals surface area contributed by atoms with Gasteiger partial charge in [-0.15, -0.1) is 11.8 Å². The fourth-order valence-electron chi connectivity index (χ4n) is 2.04. The van der Waals surface area contributed by atoms with Gasteiger partial charge in [-0.2, -0.15) is 0 Å². The Kier molecular flexibility index (Phi) is 4.65. The molecule has 108 valence electrons. The summed E-state index contributed by atoms with van der Waals surface area (Å²) in [4.78, 5) is 23.7. The van der Waals surface area contributed by atoms with E-state index in [0.29, 0.717) is 18.6 Å². The van der Waals surface area contributed by atoms with Crippen LogP contribution in [0.2, 0.25) is 0 Å². The van der Waals surface area contributed by atoms with Gasteiger partial charge < -0.3 is 10.4 Å². The molecule has 0 aliphatic heterocycles.